The number of aromatic nitrogens is 2. The first-order valence-electron chi connectivity index (χ1n) is 6.55. The van der Waals surface area contributed by atoms with E-state index < -0.39 is 0 Å². The summed E-state index contributed by atoms with van der Waals surface area (Å²) in [5.74, 6) is 0.744. The maximum absolute atomic E-state index is 12.2. The topological polar surface area (TPSA) is 58.1 Å². The number of amides is 1. The molecule has 0 aliphatic carbocycles. The molecule has 19 heavy (non-hydrogen) atoms. The molecule has 1 aliphatic rings. The van der Waals surface area contributed by atoms with Gasteiger partial charge in [-0.2, -0.15) is 0 Å². The molecule has 1 saturated heterocycles. The highest BCUT2D eigenvalue weighted by Gasteiger charge is 2.24. The van der Waals surface area contributed by atoms with Crippen LogP contribution in [0.4, 0.5) is 5.82 Å². The van der Waals surface area contributed by atoms with Gasteiger partial charge in [0.15, 0.2) is 11.0 Å². The molecule has 0 radical (unpaired) electrons. The Hall–Kier alpha value is -1.36. The van der Waals surface area contributed by atoms with Crippen molar-refractivity contribution in [1.82, 2.24) is 15.1 Å². The molecule has 1 atom stereocenters. The highest BCUT2D eigenvalue weighted by atomic mass is 35.5. The molecule has 1 amide bonds. The average Bonchev–Trinajstić information content (AvgIpc) is 2.92. The summed E-state index contributed by atoms with van der Waals surface area (Å²) in [7, 11) is 0. The number of hydrogen-bond acceptors (Lipinski definition) is 4. The van der Waals surface area contributed by atoms with Crippen LogP contribution in [0.2, 0.25) is 5.15 Å². The zero-order valence-corrected chi connectivity index (χ0v) is 12.3. The van der Waals surface area contributed by atoms with E-state index >= 15 is 0 Å². The third kappa shape index (κ3) is 2.97. The highest BCUT2D eigenvalue weighted by Crippen LogP contribution is 2.21. The number of hydrogen-bond donors (Lipinski definition) is 1. The lowest BCUT2D eigenvalue weighted by Crippen LogP contribution is -2.40. The van der Waals surface area contributed by atoms with Gasteiger partial charge in [-0.15, -0.1) is 10.2 Å². The summed E-state index contributed by atoms with van der Waals surface area (Å²) in [6.45, 7) is 7.38. The predicted molar refractivity (Wildman–Crippen MR) is 75.4 cm³/mol. The van der Waals surface area contributed by atoms with Crippen molar-refractivity contribution in [1.29, 1.82) is 0 Å². The molecule has 0 saturated carbocycles. The minimum atomic E-state index is -0.299. The van der Waals surface area contributed by atoms with Crippen molar-refractivity contribution >= 4 is 23.3 Å². The van der Waals surface area contributed by atoms with Crippen LogP contribution in [0.1, 0.15) is 30.9 Å². The van der Waals surface area contributed by atoms with Gasteiger partial charge in [0, 0.05) is 13.1 Å². The summed E-state index contributed by atoms with van der Waals surface area (Å²) in [5, 5.41) is 11.4. The number of halogens is 1. The zero-order chi connectivity index (χ0) is 14.0. The van der Waals surface area contributed by atoms with Gasteiger partial charge in [0.25, 0.3) is 0 Å². The van der Waals surface area contributed by atoms with Crippen LogP contribution in [-0.4, -0.2) is 40.1 Å². The Labute approximate surface area is 118 Å². The number of nitrogens with one attached hydrogen (secondary N) is 1. The normalized spacial score (nSPS) is 16.5. The van der Waals surface area contributed by atoms with E-state index in [9.17, 15) is 4.79 Å². The monoisotopic (exact) mass is 282 g/mol. The Bertz CT molecular complexity index is 486. The minimum Gasteiger partial charge on any atom is -0.357 e. The third-order valence-electron chi connectivity index (χ3n) is 3.61. The molecule has 1 N–H and O–H groups in total. The Morgan fingerprint density at radius 3 is 2.53 bits per heavy atom. The van der Waals surface area contributed by atoms with Crippen molar-refractivity contribution in [2.75, 3.05) is 18.4 Å². The van der Waals surface area contributed by atoms with Crippen LogP contribution in [0.5, 0.6) is 0 Å². The van der Waals surface area contributed by atoms with Gasteiger partial charge in [0.1, 0.15) is 6.04 Å². The van der Waals surface area contributed by atoms with E-state index in [2.05, 4.69) is 15.5 Å². The fourth-order valence-corrected chi connectivity index (χ4v) is 2.37. The molecular weight excluding hydrogens is 264 g/mol. The van der Waals surface area contributed by atoms with Crippen molar-refractivity contribution in [3.05, 3.63) is 16.3 Å². The molecule has 2 heterocycles. The molecule has 5 nitrogen and oxygen atoms in total. The molecule has 1 aromatic rings. The molecule has 0 spiro atoms. The van der Waals surface area contributed by atoms with Crippen LogP contribution in [-0.2, 0) is 4.79 Å². The SMILES string of the molecule is Cc1c(Cl)nnc(NC(C)C(=O)N2CCCC2)c1C. The summed E-state index contributed by atoms with van der Waals surface area (Å²) in [6.07, 6.45) is 2.19. The van der Waals surface area contributed by atoms with E-state index in [4.69, 9.17) is 11.6 Å². The van der Waals surface area contributed by atoms with Crippen LogP contribution in [0.25, 0.3) is 0 Å². The van der Waals surface area contributed by atoms with E-state index in [0.717, 1.165) is 37.1 Å². The van der Waals surface area contributed by atoms with Crippen LogP contribution in [0.3, 0.4) is 0 Å². The third-order valence-corrected chi connectivity index (χ3v) is 3.97. The quantitative estimate of drug-likeness (QED) is 0.923. The van der Waals surface area contributed by atoms with E-state index in [-0.39, 0.29) is 11.9 Å². The van der Waals surface area contributed by atoms with Crippen LogP contribution < -0.4 is 5.32 Å². The van der Waals surface area contributed by atoms with Gasteiger partial charge in [-0.1, -0.05) is 11.6 Å². The number of carbonyl (C=O) groups excluding carboxylic acids is 1. The van der Waals surface area contributed by atoms with Gasteiger partial charge in [-0.3, -0.25) is 4.79 Å². The van der Waals surface area contributed by atoms with Crippen molar-refractivity contribution in [3.63, 3.8) is 0 Å². The standard InChI is InChI=1S/C13H19ClN4O/c1-8-9(2)12(17-16-11(8)14)15-10(3)13(19)18-6-4-5-7-18/h10H,4-7H2,1-3H3,(H,15,17). The Kier molecular flexibility index (Phi) is 4.24. The van der Waals surface area contributed by atoms with E-state index in [0.29, 0.717) is 11.0 Å². The largest absolute Gasteiger partial charge is 0.357 e. The Morgan fingerprint density at radius 1 is 1.26 bits per heavy atom. The summed E-state index contributed by atoms with van der Waals surface area (Å²) in [5.41, 5.74) is 1.82. The number of likely N-dealkylation sites (tertiary alicyclic amines) is 1. The lowest BCUT2D eigenvalue weighted by molar-refractivity contribution is -0.130. The van der Waals surface area contributed by atoms with Gasteiger partial charge >= 0.3 is 0 Å². The second kappa shape index (κ2) is 5.74. The molecular formula is C13H19ClN4O. The van der Waals surface area contributed by atoms with E-state index in [1.54, 1.807) is 0 Å². The average molecular weight is 283 g/mol. The van der Waals surface area contributed by atoms with E-state index in [1.165, 1.54) is 0 Å². The van der Waals surface area contributed by atoms with Crippen molar-refractivity contribution < 1.29 is 4.79 Å². The molecule has 0 aromatic carbocycles. The Morgan fingerprint density at radius 2 is 1.89 bits per heavy atom. The van der Waals surface area contributed by atoms with Gasteiger partial charge in [-0.25, -0.2) is 0 Å². The summed E-state index contributed by atoms with van der Waals surface area (Å²) in [4.78, 5) is 14.1. The van der Waals surface area contributed by atoms with Crippen molar-refractivity contribution in [3.8, 4) is 0 Å². The van der Waals surface area contributed by atoms with Crippen LogP contribution in [0.15, 0.2) is 0 Å². The number of rotatable bonds is 3. The summed E-state index contributed by atoms with van der Waals surface area (Å²) in [6, 6.07) is -0.299. The smallest absolute Gasteiger partial charge is 0.244 e. The number of carbonyl (C=O) groups is 1. The first kappa shape index (κ1) is 14.1. The second-order valence-electron chi connectivity index (χ2n) is 4.99. The van der Waals surface area contributed by atoms with Gasteiger partial charge in [0.05, 0.1) is 0 Å². The molecule has 104 valence electrons. The molecule has 0 bridgehead atoms. The lowest BCUT2D eigenvalue weighted by atomic mass is 10.2. The summed E-state index contributed by atoms with van der Waals surface area (Å²) >= 11 is 5.91. The molecule has 1 aliphatic heterocycles. The zero-order valence-electron chi connectivity index (χ0n) is 11.5. The fraction of sp³-hybridized carbons (Fsp3) is 0.615. The predicted octanol–water partition coefficient (Wildman–Crippen LogP) is 2.17. The first-order chi connectivity index (χ1) is 9.00. The molecule has 2 rings (SSSR count). The molecule has 6 heteroatoms. The van der Waals surface area contributed by atoms with Crippen molar-refractivity contribution in [2.24, 2.45) is 0 Å². The van der Waals surface area contributed by atoms with Crippen LogP contribution >= 0.6 is 11.6 Å². The first-order valence-corrected chi connectivity index (χ1v) is 6.93. The van der Waals surface area contributed by atoms with Crippen LogP contribution in [0, 0.1) is 13.8 Å². The van der Waals surface area contributed by atoms with Gasteiger partial charge in [-0.05, 0) is 44.7 Å². The maximum Gasteiger partial charge on any atom is 0.244 e. The molecule has 1 fully saturated rings. The van der Waals surface area contributed by atoms with Gasteiger partial charge in [0.2, 0.25) is 5.91 Å². The van der Waals surface area contributed by atoms with Crippen molar-refractivity contribution in [2.45, 2.75) is 39.7 Å². The molecule has 1 aromatic heterocycles. The fourth-order valence-electron chi connectivity index (χ4n) is 2.19. The highest BCUT2D eigenvalue weighted by molar-refractivity contribution is 6.30. The molecule has 1 unspecified atom stereocenters. The van der Waals surface area contributed by atoms with E-state index in [1.807, 2.05) is 25.7 Å². The Balaban J connectivity index is 2.08. The number of anilines is 1. The second-order valence-corrected chi connectivity index (χ2v) is 5.35. The van der Waals surface area contributed by atoms with Gasteiger partial charge < -0.3 is 10.2 Å². The summed E-state index contributed by atoms with van der Waals surface area (Å²) < 4.78 is 0. The minimum absolute atomic E-state index is 0.117. The maximum atomic E-state index is 12.2. The number of nitrogens with zero attached hydrogens (tertiary/aromatic N) is 3. The lowest BCUT2D eigenvalue weighted by Gasteiger charge is -2.22.